The standard InChI is InChI=1S/C12H12N2O4/c1-6(15)13-9-4-8(12(16)17-3)5-10-11(9)18-7(2)14-10/h4-5H,1-3H3,(H,13,15). The smallest absolute Gasteiger partial charge is 0.338 e. The molecule has 0 atom stereocenters. The second kappa shape index (κ2) is 4.48. The Labute approximate surface area is 103 Å². The molecule has 2 aromatic rings. The maximum Gasteiger partial charge on any atom is 0.338 e. The number of benzene rings is 1. The molecule has 0 aliphatic carbocycles. The van der Waals surface area contributed by atoms with Crippen LogP contribution in [0.4, 0.5) is 5.69 Å². The molecule has 0 spiro atoms. The molecule has 6 nitrogen and oxygen atoms in total. The van der Waals surface area contributed by atoms with Crippen LogP contribution < -0.4 is 5.32 Å². The first-order valence-electron chi connectivity index (χ1n) is 5.28. The highest BCUT2D eigenvalue weighted by atomic mass is 16.5. The molecule has 0 bridgehead atoms. The van der Waals surface area contributed by atoms with Crippen molar-refractivity contribution in [2.45, 2.75) is 13.8 Å². The quantitative estimate of drug-likeness (QED) is 0.820. The Morgan fingerprint density at radius 1 is 1.39 bits per heavy atom. The van der Waals surface area contributed by atoms with Crippen LogP contribution in [0.3, 0.4) is 0 Å². The molecule has 1 heterocycles. The van der Waals surface area contributed by atoms with Crippen molar-refractivity contribution in [3.63, 3.8) is 0 Å². The molecule has 94 valence electrons. The average molecular weight is 248 g/mol. The molecule has 0 radical (unpaired) electrons. The van der Waals surface area contributed by atoms with Crippen molar-refractivity contribution < 1.29 is 18.7 Å². The molecular weight excluding hydrogens is 236 g/mol. The summed E-state index contributed by atoms with van der Waals surface area (Å²) in [6.07, 6.45) is 0. The van der Waals surface area contributed by atoms with Gasteiger partial charge in [0, 0.05) is 13.8 Å². The number of ether oxygens (including phenoxy) is 1. The van der Waals surface area contributed by atoms with Crippen LogP contribution in [-0.4, -0.2) is 24.0 Å². The third kappa shape index (κ3) is 2.17. The minimum absolute atomic E-state index is 0.257. The number of amides is 1. The van der Waals surface area contributed by atoms with Gasteiger partial charge in [-0.05, 0) is 12.1 Å². The lowest BCUT2D eigenvalue weighted by molar-refractivity contribution is -0.114. The number of nitrogens with one attached hydrogen (secondary N) is 1. The van der Waals surface area contributed by atoms with Gasteiger partial charge in [0.25, 0.3) is 0 Å². The monoisotopic (exact) mass is 248 g/mol. The fraction of sp³-hybridized carbons (Fsp3) is 0.250. The molecule has 0 aliphatic heterocycles. The first-order chi connectivity index (χ1) is 8.51. The van der Waals surface area contributed by atoms with E-state index in [-0.39, 0.29) is 5.91 Å². The predicted molar refractivity (Wildman–Crippen MR) is 64.4 cm³/mol. The first-order valence-corrected chi connectivity index (χ1v) is 5.28. The van der Waals surface area contributed by atoms with Crippen LogP contribution >= 0.6 is 0 Å². The summed E-state index contributed by atoms with van der Waals surface area (Å²) >= 11 is 0. The molecule has 1 aromatic carbocycles. The Morgan fingerprint density at radius 2 is 2.11 bits per heavy atom. The van der Waals surface area contributed by atoms with Gasteiger partial charge >= 0.3 is 5.97 Å². The normalized spacial score (nSPS) is 10.4. The summed E-state index contributed by atoms with van der Waals surface area (Å²) in [6, 6.07) is 3.06. The summed E-state index contributed by atoms with van der Waals surface area (Å²) in [5.41, 5.74) is 1.65. The number of esters is 1. The van der Waals surface area contributed by atoms with Gasteiger partial charge in [-0.2, -0.15) is 0 Å². The van der Waals surface area contributed by atoms with E-state index in [9.17, 15) is 9.59 Å². The predicted octanol–water partition coefficient (Wildman–Crippen LogP) is 1.88. The number of aromatic nitrogens is 1. The van der Waals surface area contributed by atoms with E-state index in [0.29, 0.717) is 28.2 Å². The summed E-state index contributed by atoms with van der Waals surface area (Å²) in [5, 5.41) is 2.60. The van der Waals surface area contributed by atoms with E-state index in [4.69, 9.17) is 4.42 Å². The number of nitrogens with zero attached hydrogens (tertiary/aromatic N) is 1. The SMILES string of the molecule is COC(=O)c1cc(NC(C)=O)c2oc(C)nc2c1. The summed E-state index contributed by atoms with van der Waals surface area (Å²) in [6.45, 7) is 3.06. The van der Waals surface area contributed by atoms with E-state index >= 15 is 0 Å². The average Bonchev–Trinajstić information content (AvgIpc) is 2.68. The van der Waals surface area contributed by atoms with E-state index in [1.54, 1.807) is 13.0 Å². The van der Waals surface area contributed by atoms with Crippen LogP contribution in [-0.2, 0) is 9.53 Å². The number of carbonyl (C=O) groups is 2. The van der Waals surface area contributed by atoms with Gasteiger partial charge in [-0.1, -0.05) is 0 Å². The van der Waals surface area contributed by atoms with Gasteiger partial charge in [0.05, 0.1) is 18.4 Å². The van der Waals surface area contributed by atoms with Crippen molar-refractivity contribution >= 4 is 28.7 Å². The largest absolute Gasteiger partial charge is 0.465 e. The second-order valence-electron chi connectivity index (χ2n) is 3.78. The molecule has 0 saturated carbocycles. The van der Waals surface area contributed by atoms with Crippen LogP contribution in [0.1, 0.15) is 23.2 Å². The first kappa shape index (κ1) is 12.1. The topological polar surface area (TPSA) is 81.4 Å². The van der Waals surface area contributed by atoms with Crippen molar-refractivity contribution in [1.29, 1.82) is 0 Å². The second-order valence-corrected chi connectivity index (χ2v) is 3.78. The highest BCUT2D eigenvalue weighted by molar-refractivity contribution is 6.02. The Balaban J connectivity index is 2.63. The van der Waals surface area contributed by atoms with Crippen LogP contribution in [0.5, 0.6) is 0 Å². The minimum atomic E-state index is -0.496. The number of fused-ring (bicyclic) bond motifs is 1. The Hall–Kier alpha value is -2.37. The zero-order chi connectivity index (χ0) is 13.3. The van der Waals surface area contributed by atoms with Crippen molar-refractivity contribution in [3.05, 3.63) is 23.6 Å². The van der Waals surface area contributed by atoms with Gasteiger partial charge in [-0.3, -0.25) is 4.79 Å². The molecule has 1 N–H and O–H groups in total. The molecule has 6 heteroatoms. The van der Waals surface area contributed by atoms with Crippen LogP contribution in [0.15, 0.2) is 16.5 Å². The van der Waals surface area contributed by atoms with E-state index in [1.807, 2.05) is 0 Å². The lowest BCUT2D eigenvalue weighted by Gasteiger charge is -2.05. The summed E-state index contributed by atoms with van der Waals surface area (Å²) in [7, 11) is 1.29. The number of hydrogen-bond acceptors (Lipinski definition) is 5. The fourth-order valence-corrected chi connectivity index (χ4v) is 1.66. The minimum Gasteiger partial charge on any atom is -0.465 e. The summed E-state index contributed by atoms with van der Waals surface area (Å²) in [5.74, 6) is -0.296. The Morgan fingerprint density at radius 3 is 2.72 bits per heavy atom. The molecule has 0 unspecified atom stereocenters. The van der Waals surface area contributed by atoms with Gasteiger partial charge in [0.2, 0.25) is 5.91 Å². The molecule has 2 rings (SSSR count). The zero-order valence-electron chi connectivity index (χ0n) is 10.2. The number of hydrogen-bond donors (Lipinski definition) is 1. The van der Waals surface area contributed by atoms with Gasteiger partial charge in [-0.25, -0.2) is 9.78 Å². The maximum atomic E-state index is 11.5. The van der Waals surface area contributed by atoms with E-state index in [2.05, 4.69) is 15.0 Å². The molecule has 1 amide bonds. The van der Waals surface area contributed by atoms with Crippen molar-refractivity contribution in [2.24, 2.45) is 0 Å². The lowest BCUT2D eigenvalue weighted by atomic mass is 10.1. The molecule has 0 aliphatic rings. The van der Waals surface area contributed by atoms with Gasteiger partial charge in [0.15, 0.2) is 11.5 Å². The van der Waals surface area contributed by atoms with E-state index < -0.39 is 5.97 Å². The van der Waals surface area contributed by atoms with Crippen LogP contribution in [0, 0.1) is 6.92 Å². The zero-order valence-corrected chi connectivity index (χ0v) is 10.2. The van der Waals surface area contributed by atoms with E-state index in [1.165, 1.54) is 20.1 Å². The fourth-order valence-electron chi connectivity index (χ4n) is 1.66. The third-order valence-electron chi connectivity index (χ3n) is 2.33. The highest BCUT2D eigenvalue weighted by Gasteiger charge is 2.15. The highest BCUT2D eigenvalue weighted by Crippen LogP contribution is 2.26. The third-order valence-corrected chi connectivity index (χ3v) is 2.33. The van der Waals surface area contributed by atoms with Gasteiger partial charge in [0.1, 0.15) is 5.52 Å². The Bertz CT molecular complexity index is 630. The van der Waals surface area contributed by atoms with Crippen molar-refractivity contribution in [3.8, 4) is 0 Å². The van der Waals surface area contributed by atoms with Gasteiger partial charge in [-0.15, -0.1) is 0 Å². The van der Waals surface area contributed by atoms with E-state index in [0.717, 1.165) is 0 Å². The number of oxazole rings is 1. The molecule has 18 heavy (non-hydrogen) atoms. The van der Waals surface area contributed by atoms with Crippen LogP contribution in [0.2, 0.25) is 0 Å². The number of rotatable bonds is 2. The lowest BCUT2D eigenvalue weighted by Crippen LogP contribution is -2.08. The molecule has 1 aromatic heterocycles. The van der Waals surface area contributed by atoms with Crippen molar-refractivity contribution in [2.75, 3.05) is 12.4 Å². The molecule has 0 fully saturated rings. The number of anilines is 1. The number of carbonyl (C=O) groups excluding carboxylic acids is 2. The number of aryl methyl sites for hydroxylation is 1. The number of methoxy groups -OCH3 is 1. The Kier molecular flexibility index (Phi) is 3.01. The van der Waals surface area contributed by atoms with Crippen LogP contribution in [0.25, 0.3) is 11.1 Å². The summed E-state index contributed by atoms with van der Waals surface area (Å²) in [4.78, 5) is 26.8. The van der Waals surface area contributed by atoms with Gasteiger partial charge < -0.3 is 14.5 Å². The summed E-state index contributed by atoms with van der Waals surface area (Å²) < 4.78 is 10.0. The maximum absolute atomic E-state index is 11.5. The molecule has 0 saturated heterocycles. The van der Waals surface area contributed by atoms with Crippen molar-refractivity contribution in [1.82, 2.24) is 4.98 Å². The molecular formula is C12H12N2O4.